The number of para-hydroxylation sites is 1. The molecule has 0 atom stereocenters. The number of nitrogens with zero attached hydrogens (tertiary/aromatic N) is 1. The van der Waals surface area contributed by atoms with Gasteiger partial charge in [0.15, 0.2) is 11.5 Å². The molecular weight excluding hydrogens is 260 g/mol. The van der Waals surface area contributed by atoms with Crippen molar-refractivity contribution < 1.29 is 15.1 Å². The second kappa shape index (κ2) is 5.48. The molecule has 6 heteroatoms. The molecule has 104 valence electrons. The Labute approximate surface area is 115 Å². The van der Waals surface area contributed by atoms with Gasteiger partial charge in [-0.05, 0) is 19.1 Å². The fraction of sp³-hybridized carbons (Fsp3) is 0.143. The Morgan fingerprint density at radius 2 is 1.90 bits per heavy atom. The minimum Gasteiger partial charge on any atom is -0.504 e. The van der Waals surface area contributed by atoms with Crippen LogP contribution in [0.1, 0.15) is 11.1 Å². The van der Waals surface area contributed by atoms with Gasteiger partial charge >= 0.3 is 0 Å². The van der Waals surface area contributed by atoms with Crippen LogP contribution in [-0.2, 0) is 6.54 Å². The number of hydrogen-bond acceptors (Lipinski definition) is 5. The first-order valence-electron chi connectivity index (χ1n) is 5.98. The number of aromatic hydroxyl groups is 2. The number of nitro groups is 1. The Balaban J connectivity index is 2.21. The molecule has 0 saturated heterocycles. The van der Waals surface area contributed by atoms with Gasteiger partial charge in [0.25, 0.3) is 5.69 Å². The molecule has 0 bridgehead atoms. The Kier molecular flexibility index (Phi) is 3.74. The lowest BCUT2D eigenvalue weighted by atomic mass is 10.1. The van der Waals surface area contributed by atoms with Gasteiger partial charge < -0.3 is 15.5 Å². The van der Waals surface area contributed by atoms with Crippen LogP contribution in [0.2, 0.25) is 0 Å². The summed E-state index contributed by atoms with van der Waals surface area (Å²) in [6.07, 6.45) is 0. The molecule has 0 unspecified atom stereocenters. The molecule has 0 radical (unpaired) electrons. The van der Waals surface area contributed by atoms with Gasteiger partial charge in [-0.3, -0.25) is 10.1 Å². The van der Waals surface area contributed by atoms with Gasteiger partial charge in [0.2, 0.25) is 0 Å². The van der Waals surface area contributed by atoms with Crippen LogP contribution in [0.3, 0.4) is 0 Å². The summed E-state index contributed by atoms with van der Waals surface area (Å²) in [5.41, 5.74) is 1.69. The van der Waals surface area contributed by atoms with E-state index in [-0.39, 0.29) is 23.7 Å². The second-order valence-corrected chi connectivity index (χ2v) is 4.35. The smallest absolute Gasteiger partial charge is 0.274 e. The Morgan fingerprint density at radius 1 is 1.20 bits per heavy atom. The van der Waals surface area contributed by atoms with Crippen molar-refractivity contribution in [2.75, 3.05) is 5.32 Å². The summed E-state index contributed by atoms with van der Waals surface area (Å²) in [6.45, 7) is 1.91. The number of rotatable bonds is 4. The minimum absolute atomic E-state index is 0.0372. The standard InChI is InChI=1S/C14H14N2O4/c1-9-11(5-3-6-12(9)16(19)20)15-8-10-4-2-7-13(17)14(10)18/h2-7,15,17-18H,8H2,1H3. The summed E-state index contributed by atoms with van der Waals surface area (Å²) >= 11 is 0. The SMILES string of the molecule is Cc1c(NCc2cccc(O)c2O)cccc1[N+](=O)[O-]. The van der Waals surface area contributed by atoms with Crippen molar-refractivity contribution in [2.24, 2.45) is 0 Å². The van der Waals surface area contributed by atoms with Crippen molar-refractivity contribution in [1.29, 1.82) is 0 Å². The molecule has 0 aliphatic carbocycles. The summed E-state index contributed by atoms with van der Waals surface area (Å²) in [4.78, 5) is 10.4. The fourth-order valence-electron chi connectivity index (χ4n) is 1.92. The van der Waals surface area contributed by atoms with Gasteiger partial charge in [0, 0.05) is 29.4 Å². The van der Waals surface area contributed by atoms with Crippen LogP contribution >= 0.6 is 0 Å². The molecule has 20 heavy (non-hydrogen) atoms. The van der Waals surface area contributed by atoms with E-state index >= 15 is 0 Å². The maximum absolute atomic E-state index is 10.9. The maximum atomic E-state index is 10.9. The molecule has 2 aromatic rings. The summed E-state index contributed by atoms with van der Waals surface area (Å²) in [7, 11) is 0. The van der Waals surface area contributed by atoms with Crippen molar-refractivity contribution in [2.45, 2.75) is 13.5 Å². The number of nitro benzene ring substituents is 1. The quantitative estimate of drug-likeness (QED) is 0.452. The van der Waals surface area contributed by atoms with Crippen LogP contribution < -0.4 is 5.32 Å². The van der Waals surface area contributed by atoms with E-state index in [1.54, 1.807) is 31.2 Å². The lowest BCUT2D eigenvalue weighted by Crippen LogP contribution is -2.03. The van der Waals surface area contributed by atoms with E-state index < -0.39 is 4.92 Å². The molecule has 2 aromatic carbocycles. The highest BCUT2D eigenvalue weighted by atomic mass is 16.6. The number of hydrogen-bond donors (Lipinski definition) is 3. The zero-order valence-corrected chi connectivity index (χ0v) is 10.8. The molecule has 0 aliphatic heterocycles. The Morgan fingerprint density at radius 3 is 2.60 bits per heavy atom. The predicted octanol–water partition coefficient (Wildman–Crippen LogP) is 2.93. The first-order chi connectivity index (χ1) is 9.50. The van der Waals surface area contributed by atoms with Crippen molar-refractivity contribution in [3.63, 3.8) is 0 Å². The average Bonchev–Trinajstić information content (AvgIpc) is 2.41. The first-order valence-corrected chi connectivity index (χ1v) is 5.98. The van der Waals surface area contributed by atoms with E-state index in [0.717, 1.165) is 0 Å². The number of nitrogens with one attached hydrogen (secondary N) is 1. The van der Waals surface area contributed by atoms with Gasteiger partial charge in [-0.15, -0.1) is 0 Å². The number of benzene rings is 2. The molecule has 0 amide bonds. The summed E-state index contributed by atoms with van der Waals surface area (Å²) in [5, 5.41) is 33.0. The summed E-state index contributed by atoms with van der Waals surface area (Å²) < 4.78 is 0. The normalized spacial score (nSPS) is 10.2. The maximum Gasteiger partial charge on any atom is 0.274 e. The van der Waals surface area contributed by atoms with Crippen molar-refractivity contribution in [3.05, 3.63) is 57.6 Å². The third kappa shape index (κ3) is 2.64. The number of phenols is 2. The van der Waals surface area contributed by atoms with Crippen LogP contribution in [0.4, 0.5) is 11.4 Å². The van der Waals surface area contributed by atoms with Gasteiger partial charge in [0.05, 0.1) is 4.92 Å². The predicted molar refractivity (Wildman–Crippen MR) is 74.9 cm³/mol. The molecule has 0 spiro atoms. The molecule has 0 saturated carbocycles. The largest absolute Gasteiger partial charge is 0.504 e. The first kappa shape index (κ1) is 13.7. The van der Waals surface area contributed by atoms with Gasteiger partial charge in [-0.2, -0.15) is 0 Å². The van der Waals surface area contributed by atoms with Crippen LogP contribution in [0.5, 0.6) is 11.5 Å². The van der Waals surface area contributed by atoms with E-state index in [9.17, 15) is 20.3 Å². The fourth-order valence-corrected chi connectivity index (χ4v) is 1.92. The van der Waals surface area contributed by atoms with E-state index in [0.29, 0.717) is 16.8 Å². The summed E-state index contributed by atoms with van der Waals surface area (Å²) in [5.74, 6) is -0.386. The highest BCUT2D eigenvalue weighted by Gasteiger charge is 2.13. The lowest BCUT2D eigenvalue weighted by Gasteiger charge is -2.11. The van der Waals surface area contributed by atoms with E-state index in [1.807, 2.05) is 0 Å². The van der Waals surface area contributed by atoms with Crippen LogP contribution in [0.25, 0.3) is 0 Å². The molecule has 0 fully saturated rings. The van der Waals surface area contributed by atoms with Crippen molar-refractivity contribution in [3.8, 4) is 11.5 Å². The van der Waals surface area contributed by atoms with Gasteiger partial charge in [-0.1, -0.05) is 18.2 Å². The highest BCUT2D eigenvalue weighted by molar-refractivity contribution is 5.60. The zero-order valence-electron chi connectivity index (χ0n) is 10.8. The molecule has 2 rings (SSSR count). The highest BCUT2D eigenvalue weighted by Crippen LogP contribution is 2.30. The van der Waals surface area contributed by atoms with E-state index in [1.165, 1.54) is 12.1 Å². The van der Waals surface area contributed by atoms with Crippen LogP contribution in [0, 0.1) is 17.0 Å². The average molecular weight is 274 g/mol. The zero-order chi connectivity index (χ0) is 14.7. The molecule has 6 nitrogen and oxygen atoms in total. The summed E-state index contributed by atoms with van der Waals surface area (Å²) in [6, 6.07) is 9.42. The van der Waals surface area contributed by atoms with Crippen molar-refractivity contribution >= 4 is 11.4 Å². The minimum atomic E-state index is -0.438. The van der Waals surface area contributed by atoms with Crippen molar-refractivity contribution in [1.82, 2.24) is 0 Å². The van der Waals surface area contributed by atoms with E-state index in [2.05, 4.69) is 5.32 Å². The van der Waals surface area contributed by atoms with Gasteiger partial charge in [0.1, 0.15) is 0 Å². The third-order valence-electron chi connectivity index (χ3n) is 3.07. The molecular formula is C14H14N2O4. The molecule has 0 aromatic heterocycles. The van der Waals surface area contributed by atoms with E-state index in [4.69, 9.17) is 0 Å². The number of phenolic OH excluding ortho intramolecular Hbond substituents is 2. The second-order valence-electron chi connectivity index (χ2n) is 4.35. The number of anilines is 1. The Bertz CT molecular complexity index is 656. The monoisotopic (exact) mass is 274 g/mol. The molecule has 0 heterocycles. The lowest BCUT2D eigenvalue weighted by molar-refractivity contribution is -0.385. The van der Waals surface area contributed by atoms with Gasteiger partial charge in [-0.25, -0.2) is 0 Å². The molecule has 3 N–H and O–H groups in total. The van der Waals surface area contributed by atoms with Crippen LogP contribution in [0.15, 0.2) is 36.4 Å². The Hall–Kier alpha value is -2.76. The third-order valence-corrected chi connectivity index (χ3v) is 3.07. The topological polar surface area (TPSA) is 95.6 Å². The van der Waals surface area contributed by atoms with Crippen LogP contribution in [-0.4, -0.2) is 15.1 Å². The molecule has 0 aliphatic rings.